The summed E-state index contributed by atoms with van der Waals surface area (Å²) in [6.45, 7) is 11.4. The van der Waals surface area contributed by atoms with Gasteiger partial charge in [-0.15, -0.1) is 0 Å². The standard InChI is InChI=1S/C9H19/c1-6-8(3)9(4,5)7-2/h6-7H2,1-5H3/q+1. The van der Waals surface area contributed by atoms with E-state index >= 15 is 0 Å². The van der Waals surface area contributed by atoms with Crippen LogP contribution in [0.2, 0.25) is 0 Å². The van der Waals surface area contributed by atoms with Crippen LogP contribution in [0.5, 0.6) is 0 Å². The summed E-state index contributed by atoms with van der Waals surface area (Å²) in [4.78, 5) is 0. The SMILES string of the molecule is CC[C+](C)C(C)(C)CC. The predicted molar refractivity (Wildman–Crippen MR) is 43.3 cm³/mol. The highest BCUT2D eigenvalue weighted by molar-refractivity contribution is 4.96. The molecule has 0 fully saturated rings. The second-order valence-corrected chi connectivity index (χ2v) is 3.37. The second-order valence-electron chi connectivity index (χ2n) is 3.37. The van der Waals surface area contributed by atoms with Crippen molar-refractivity contribution in [1.82, 2.24) is 0 Å². The first-order valence-electron chi connectivity index (χ1n) is 3.87. The van der Waals surface area contributed by atoms with Gasteiger partial charge in [0.15, 0.2) is 0 Å². The molecule has 0 aliphatic heterocycles. The van der Waals surface area contributed by atoms with Gasteiger partial charge in [-0.2, -0.15) is 0 Å². The highest BCUT2D eigenvalue weighted by atomic mass is 14.3. The summed E-state index contributed by atoms with van der Waals surface area (Å²) in [6, 6.07) is 0. The third kappa shape index (κ3) is 2.30. The van der Waals surface area contributed by atoms with Crippen LogP contribution in [0.1, 0.15) is 47.5 Å². The highest BCUT2D eigenvalue weighted by Gasteiger charge is 2.32. The maximum atomic E-state index is 2.31. The maximum absolute atomic E-state index is 2.31. The Morgan fingerprint density at radius 2 is 1.67 bits per heavy atom. The van der Waals surface area contributed by atoms with E-state index in [1.54, 1.807) is 5.92 Å². The Bertz CT molecular complexity index is 72.1. The van der Waals surface area contributed by atoms with Crippen LogP contribution in [-0.4, -0.2) is 0 Å². The van der Waals surface area contributed by atoms with E-state index < -0.39 is 0 Å². The summed E-state index contributed by atoms with van der Waals surface area (Å²) >= 11 is 0. The van der Waals surface area contributed by atoms with E-state index in [0.717, 1.165) is 0 Å². The van der Waals surface area contributed by atoms with Crippen LogP contribution in [0.4, 0.5) is 0 Å². The molecular weight excluding hydrogens is 108 g/mol. The Labute approximate surface area is 59.7 Å². The zero-order valence-corrected chi connectivity index (χ0v) is 7.41. The van der Waals surface area contributed by atoms with Crippen molar-refractivity contribution in [3.63, 3.8) is 0 Å². The molecule has 0 heteroatoms. The fraction of sp³-hybridized carbons (Fsp3) is 0.889. The fourth-order valence-corrected chi connectivity index (χ4v) is 0.780. The lowest BCUT2D eigenvalue weighted by Gasteiger charge is -2.18. The topological polar surface area (TPSA) is 0 Å². The normalized spacial score (nSPS) is 11.7. The van der Waals surface area contributed by atoms with Crippen molar-refractivity contribution in [2.24, 2.45) is 5.41 Å². The molecule has 0 rings (SSSR count). The first-order valence-corrected chi connectivity index (χ1v) is 3.87. The average molecular weight is 127 g/mol. The van der Waals surface area contributed by atoms with Gasteiger partial charge in [-0.25, -0.2) is 0 Å². The molecule has 9 heavy (non-hydrogen) atoms. The minimum atomic E-state index is 0.467. The Morgan fingerprint density at radius 1 is 1.22 bits per heavy atom. The lowest BCUT2D eigenvalue weighted by Crippen LogP contribution is -2.17. The van der Waals surface area contributed by atoms with Gasteiger partial charge in [0.05, 0.1) is 19.3 Å². The van der Waals surface area contributed by atoms with Crippen molar-refractivity contribution >= 4 is 0 Å². The van der Waals surface area contributed by atoms with Gasteiger partial charge in [0.2, 0.25) is 0 Å². The van der Waals surface area contributed by atoms with Crippen LogP contribution in [-0.2, 0) is 0 Å². The second kappa shape index (κ2) is 3.14. The van der Waals surface area contributed by atoms with Crippen LogP contribution in [0.25, 0.3) is 0 Å². The van der Waals surface area contributed by atoms with E-state index in [-0.39, 0.29) is 0 Å². The van der Waals surface area contributed by atoms with Gasteiger partial charge in [-0.05, 0) is 27.2 Å². The first-order chi connectivity index (χ1) is 4.04. The molecule has 0 radical (unpaired) electrons. The third-order valence-electron chi connectivity index (χ3n) is 2.57. The van der Waals surface area contributed by atoms with Crippen molar-refractivity contribution in [3.05, 3.63) is 5.92 Å². The fourth-order valence-electron chi connectivity index (χ4n) is 0.780. The molecule has 0 spiro atoms. The molecule has 0 aromatic carbocycles. The Morgan fingerprint density at radius 3 is 1.78 bits per heavy atom. The van der Waals surface area contributed by atoms with E-state index in [2.05, 4.69) is 34.6 Å². The highest BCUT2D eigenvalue weighted by Crippen LogP contribution is 2.33. The number of hydrogen-bond donors (Lipinski definition) is 0. The van der Waals surface area contributed by atoms with Crippen LogP contribution in [0, 0.1) is 11.3 Å². The summed E-state index contributed by atoms with van der Waals surface area (Å²) in [5, 5.41) is 0. The summed E-state index contributed by atoms with van der Waals surface area (Å²) in [7, 11) is 0. The van der Waals surface area contributed by atoms with Gasteiger partial charge >= 0.3 is 0 Å². The van der Waals surface area contributed by atoms with Gasteiger partial charge < -0.3 is 0 Å². The van der Waals surface area contributed by atoms with Crippen LogP contribution >= 0.6 is 0 Å². The molecule has 0 atom stereocenters. The van der Waals surface area contributed by atoms with E-state index in [1.165, 1.54) is 12.8 Å². The molecule has 0 aromatic rings. The Balaban J connectivity index is 3.80. The van der Waals surface area contributed by atoms with E-state index in [1.807, 2.05) is 0 Å². The molecule has 0 saturated heterocycles. The molecule has 0 aliphatic rings. The Hall–Kier alpha value is -0.130. The molecule has 0 bridgehead atoms. The van der Waals surface area contributed by atoms with Crippen LogP contribution in [0.15, 0.2) is 0 Å². The zero-order chi connectivity index (χ0) is 7.49. The van der Waals surface area contributed by atoms with E-state index in [9.17, 15) is 0 Å². The predicted octanol–water partition coefficient (Wildman–Crippen LogP) is 3.43. The lowest BCUT2D eigenvalue weighted by molar-refractivity contribution is 0.359. The molecule has 0 heterocycles. The van der Waals surface area contributed by atoms with Crippen molar-refractivity contribution < 1.29 is 0 Å². The molecule has 0 N–H and O–H groups in total. The van der Waals surface area contributed by atoms with Crippen LogP contribution in [0.3, 0.4) is 0 Å². The number of rotatable bonds is 3. The first kappa shape index (κ1) is 8.87. The van der Waals surface area contributed by atoms with Crippen molar-refractivity contribution in [2.45, 2.75) is 47.5 Å². The van der Waals surface area contributed by atoms with E-state index in [0.29, 0.717) is 5.41 Å². The number of hydrogen-bond acceptors (Lipinski definition) is 0. The zero-order valence-electron chi connectivity index (χ0n) is 7.41. The smallest absolute Gasteiger partial charge is 0.0608 e. The third-order valence-corrected chi connectivity index (χ3v) is 2.57. The van der Waals surface area contributed by atoms with Gasteiger partial charge in [0, 0.05) is 0 Å². The summed E-state index contributed by atoms with van der Waals surface area (Å²) < 4.78 is 0. The summed E-state index contributed by atoms with van der Waals surface area (Å²) in [6.07, 6.45) is 2.48. The summed E-state index contributed by atoms with van der Waals surface area (Å²) in [5.74, 6) is 1.62. The molecule has 0 aromatic heterocycles. The van der Waals surface area contributed by atoms with Gasteiger partial charge in [-0.3, -0.25) is 0 Å². The molecule has 0 saturated carbocycles. The average Bonchev–Trinajstić information content (AvgIpc) is 1.86. The minimum Gasteiger partial charge on any atom is -0.0608 e. The van der Waals surface area contributed by atoms with Crippen molar-refractivity contribution in [2.75, 3.05) is 0 Å². The quantitative estimate of drug-likeness (QED) is 0.509. The van der Waals surface area contributed by atoms with Crippen molar-refractivity contribution in [1.29, 1.82) is 0 Å². The van der Waals surface area contributed by atoms with E-state index in [4.69, 9.17) is 0 Å². The Kier molecular flexibility index (Phi) is 3.10. The monoisotopic (exact) mass is 127 g/mol. The largest absolute Gasteiger partial charge is 0.104 e. The maximum Gasteiger partial charge on any atom is 0.104 e. The molecule has 0 aliphatic carbocycles. The molecule has 0 nitrogen and oxygen atoms in total. The van der Waals surface area contributed by atoms with Gasteiger partial charge in [-0.1, -0.05) is 6.92 Å². The summed E-state index contributed by atoms with van der Waals surface area (Å²) in [5.41, 5.74) is 0.467. The minimum absolute atomic E-state index is 0.467. The van der Waals surface area contributed by atoms with Gasteiger partial charge in [0.1, 0.15) is 5.41 Å². The molecule has 0 unspecified atom stereocenters. The van der Waals surface area contributed by atoms with Gasteiger partial charge in [0.25, 0.3) is 0 Å². The van der Waals surface area contributed by atoms with Crippen LogP contribution < -0.4 is 0 Å². The molecular formula is C9H19+. The van der Waals surface area contributed by atoms with Crippen molar-refractivity contribution in [3.8, 4) is 0 Å². The molecule has 54 valence electrons. The molecule has 0 amide bonds. The lowest BCUT2D eigenvalue weighted by atomic mass is 9.77.